The molecule has 0 bridgehead atoms. The fourth-order valence-corrected chi connectivity index (χ4v) is 6.01. The summed E-state index contributed by atoms with van der Waals surface area (Å²) in [7, 11) is -3.60. The summed E-state index contributed by atoms with van der Waals surface area (Å²) in [6, 6.07) is 8.13. The van der Waals surface area contributed by atoms with E-state index in [0.29, 0.717) is 42.4 Å². The van der Waals surface area contributed by atoms with Crippen LogP contribution in [0, 0.1) is 24.2 Å². The van der Waals surface area contributed by atoms with Gasteiger partial charge in [0.05, 0.1) is 41.2 Å². The smallest absolute Gasteiger partial charge is 0.256 e. The number of rotatable bonds is 5. The standard InChI is InChI=1S/C25H29ClN8O3S/c1-15-12-34-23(29-24(15)32-13-16(11-27)19(28)14-32)10-21(30-34)22-5-3-4-8-33(22)25(35)18-9-17(26)6-7-20(18)31-38(2,36)37/h6-7,9-10,12,16,19,22,31H,3-5,8,13-14,28H2,1-2H3/t16-,19-,22-/m1/s1. The molecule has 0 spiro atoms. The van der Waals surface area contributed by atoms with Crippen molar-refractivity contribution in [1.82, 2.24) is 19.5 Å². The molecule has 0 radical (unpaired) electrons. The van der Waals surface area contributed by atoms with Crippen LogP contribution in [-0.2, 0) is 10.0 Å². The van der Waals surface area contributed by atoms with Gasteiger partial charge in [0.15, 0.2) is 5.65 Å². The fraction of sp³-hybridized carbons (Fsp3) is 0.440. The van der Waals surface area contributed by atoms with Crippen molar-refractivity contribution >= 4 is 44.7 Å². The molecule has 3 atom stereocenters. The Hall–Kier alpha value is -3.40. The molecule has 5 rings (SSSR count). The van der Waals surface area contributed by atoms with Crippen molar-refractivity contribution in [2.24, 2.45) is 11.7 Å². The number of piperidine rings is 1. The number of sulfonamides is 1. The number of carbonyl (C=O) groups excluding carboxylic acids is 1. The predicted octanol–water partition coefficient (Wildman–Crippen LogP) is 2.72. The van der Waals surface area contributed by atoms with E-state index < -0.39 is 10.0 Å². The number of halogens is 1. The number of fused-ring (bicyclic) bond motifs is 1. The molecule has 2 fully saturated rings. The number of anilines is 2. The van der Waals surface area contributed by atoms with Crippen molar-refractivity contribution < 1.29 is 13.2 Å². The Morgan fingerprint density at radius 2 is 2.05 bits per heavy atom. The number of nitrogens with two attached hydrogens (primary N) is 1. The minimum absolute atomic E-state index is 0.183. The molecule has 1 aromatic carbocycles. The largest absolute Gasteiger partial charge is 0.353 e. The van der Waals surface area contributed by atoms with Gasteiger partial charge in [0.2, 0.25) is 10.0 Å². The number of nitriles is 1. The molecule has 2 aliphatic heterocycles. The van der Waals surface area contributed by atoms with Crippen molar-refractivity contribution in [1.29, 1.82) is 5.26 Å². The summed E-state index contributed by atoms with van der Waals surface area (Å²) in [5.74, 6) is 0.200. The Balaban J connectivity index is 1.48. The van der Waals surface area contributed by atoms with Crippen molar-refractivity contribution in [3.8, 4) is 6.07 Å². The van der Waals surface area contributed by atoms with Crippen LogP contribution in [0.4, 0.5) is 11.5 Å². The van der Waals surface area contributed by atoms with Gasteiger partial charge in [0.25, 0.3) is 5.91 Å². The number of hydrogen-bond donors (Lipinski definition) is 2. The second-order valence-electron chi connectivity index (χ2n) is 10.00. The van der Waals surface area contributed by atoms with E-state index in [4.69, 9.17) is 27.4 Å². The highest BCUT2D eigenvalue weighted by atomic mass is 35.5. The number of nitrogens with one attached hydrogen (secondary N) is 1. The second-order valence-corrected chi connectivity index (χ2v) is 12.2. The molecule has 2 aliphatic rings. The zero-order valence-corrected chi connectivity index (χ0v) is 22.7. The zero-order chi connectivity index (χ0) is 27.2. The zero-order valence-electron chi connectivity index (χ0n) is 21.1. The summed E-state index contributed by atoms with van der Waals surface area (Å²) >= 11 is 6.19. The highest BCUT2D eigenvalue weighted by Crippen LogP contribution is 2.34. The van der Waals surface area contributed by atoms with Gasteiger partial charge in [-0.25, -0.2) is 17.9 Å². The van der Waals surface area contributed by atoms with Crippen LogP contribution in [0.1, 0.15) is 46.9 Å². The predicted molar refractivity (Wildman–Crippen MR) is 145 cm³/mol. The molecule has 200 valence electrons. The van der Waals surface area contributed by atoms with Gasteiger partial charge in [-0.05, 0) is 44.4 Å². The summed E-state index contributed by atoms with van der Waals surface area (Å²) in [5, 5.41) is 14.5. The molecule has 38 heavy (non-hydrogen) atoms. The average molecular weight is 557 g/mol. The van der Waals surface area contributed by atoms with Crippen LogP contribution in [0.2, 0.25) is 5.02 Å². The molecule has 3 N–H and O–H groups in total. The normalized spacial score (nSPS) is 22.0. The van der Waals surface area contributed by atoms with Gasteiger partial charge in [0.1, 0.15) is 5.82 Å². The summed E-state index contributed by atoms with van der Waals surface area (Å²) in [6.45, 7) is 3.52. The monoisotopic (exact) mass is 556 g/mol. The first-order chi connectivity index (χ1) is 18.0. The molecule has 2 aromatic heterocycles. The number of amides is 1. The molecule has 13 heteroatoms. The van der Waals surface area contributed by atoms with Gasteiger partial charge in [-0.2, -0.15) is 10.4 Å². The summed E-state index contributed by atoms with van der Waals surface area (Å²) in [6.07, 6.45) is 5.39. The van der Waals surface area contributed by atoms with E-state index in [9.17, 15) is 18.5 Å². The lowest BCUT2D eigenvalue weighted by Crippen LogP contribution is -2.39. The van der Waals surface area contributed by atoms with Crippen LogP contribution >= 0.6 is 11.6 Å². The molecule has 0 unspecified atom stereocenters. The highest BCUT2D eigenvalue weighted by molar-refractivity contribution is 7.92. The first kappa shape index (κ1) is 26.2. The fourth-order valence-electron chi connectivity index (χ4n) is 5.26. The molecule has 4 heterocycles. The molecule has 2 saturated heterocycles. The maximum atomic E-state index is 13.8. The maximum absolute atomic E-state index is 13.8. The molecule has 3 aromatic rings. The van der Waals surface area contributed by atoms with E-state index in [1.54, 1.807) is 15.5 Å². The number of likely N-dealkylation sites (tertiary alicyclic amines) is 1. The van der Waals surface area contributed by atoms with Gasteiger partial charge < -0.3 is 15.5 Å². The van der Waals surface area contributed by atoms with Crippen molar-refractivity contribution in [2.45, 2.75) is 38.3 Å². The van der Waals surface area contributed by atoms with Crippen LogP contribution < -0.4 is 15.4 Å². The van der Waals surface area contributed by atoms with E-state index in [2.05, 4.69) is 10.8 Å². The minimum Gasteiger partial charge on any atom is -0.353 e. The number of aryl methyl sites for hydroxylation is 1. The Kier molecular flexibility index (Phi) is 6.94. The van der Waals surface area contributed by atoms with Crippen LogP contribution in [0.5, 0.6) is 0 Å². The third kappa shape index (κ3) is 5.14. The van der Waals surface area contributed by atoms with E-state index in [1.165, 1.54) is 12.1 Å². The van der Waals surface area contributed by atoms with Crippen LogP contribution in [0.25, 0.3) is 5.65 Å². The van der Waals surface area contributed by atoms with Crippen LogP contribution in [-0.4, -0.2) is 65.8 Å². The Bertz CT molecular complexity index is 1550. The molecule has 11 nitrogen and oxygen atoms in total. The van der Waals surface area contributed by atoms with Gasteiger partial charge in [-0.15, -0.1) is 0 Å². The lowest BCUT2D eigenvalue weighted by atomic mass is 9.98. The molecular formula is C25H29ClN8O3S. The van der Waals surface area contributed by atoms with Gasteiger partial charge >= 0.3 is 0 Å². The van der Waals surface area contributed by atoms with Crippen molar-refractivity contribution in [2.75, 3.05) is 35.5 Å². The summed E-state index contributed by atoms with van der Waals surface area (Å²) < 4.78 is 28.0. The first-order valence-electron chi connectivity index (χ1n) is 12.4. The number of carbonyl (C=O) groups is 1. The minimum atomic E-state index is -3.60. The summed E-state index contributed by atoms with van der Waals surface area (Å²) in [4.78, 5) is 22.4. The molecule has 0 saturated carbocycles. The van der Waals surface area contributed by atoms with Gasteiger partial charge in [-0.1, -0.05) is 11.6 Å². The Labute approximate surface area is 226 Å². The Morgan fingerprint density at radius 3 is 2.76 bits per heavy atom. The third-order valence-electron chi connectivity index (χ3n) is 7.07. The van der Waals surface area contributed by atoms with Gasteiger partial charge in [-0.3, -0.25) is 9.52 Å². The molecular weight excluding hydrogens is 528 g/mol. The SMILES string of the molecule is Cc1cn2nc([C@H]3CCCCN3C(=O)c3cc(Cl)ccc3NS(C)(=O)=O)cc2nc1N1C[C@@H](N)[C@H](C#N)C1. The first-order valence-corrected chi connectivity index (χ1v) is 14.7. The number of benzene rings is 1. The second kappa shape index (κ2) is 10.1. The average Bonchev–Trinajstić information content (AvgIpc) is 3.45. The maximum Gasteiger partial charge on any atom is 0.256 e. The van der Waals surface area contributed by atoms with Gasteiger partial charge in [0, 0.05) is 48.5 Å². The quantitative estimate of drug-likeness (QED) is 0.487. The topological polar surface area (TPSA) is 150 Å². The number of aromatic nitrogens is 3. The highest BCUT2D eigenvalue weighted by Gasteiger charge is 2.34. The summed E-state index contributed by atoms with van der Waals surface area (Å²) in [5.41, 5.74) is 8.75. The van der Waals surface area contributed by atoms with Crippen molar-refractivity contribution in [3.63, 3.8) is 0 Å². The third-order valence-corrected chi connectivity index (χ3v) is 7.89. The number of nitrogens with zero attached hydrogens (tertiary/aromatic N) is 6. The van der Waals surface area contributed by atoms with E-state index in [0.717, 1.165) is 30.5 Å². The number of hydrogen-bond acceptors (Lipinski definition) is 8. The Morgan fingerprint density at radius 1 is 1.26 bits per heavy atom. The molecule has 1 amide bonds. The van der Waals surface area contributed by atoms with E-state index >= 15 is 0 Å². The van der Waals surface area contributed by atoms with Crippen molar-refractivity contribution in [3.05, 3.63) is 52.3 Å². The lowest BCUT2D eigenvalue weighted by molar-refractivity contribution is 0.0607. The van der Waals surface area contributed by atoms with E-state index in [-0.39, 0.29) is 35.2 Å². The lowest BCUT2D eigenvalue weighted by Gasteiger charge is -2.35. The van der Waals surface area contributed by atoms with Crippen LogP contribution in [0.3, 0.4) is 0 Å². The molecule has 0 aliphatic carbocycles. The van der Waals surface area contributed by atoms with Crippen LogP contribution in [0.15, 0.2) is 30.5 Å². The van der Waals surface area contributed by atoms with E-state index in [1.807, 2.05) is 24.1 Å².